The number of hydrazone groups is 1. The van der Waals surface area contributed by atoms with Gasteiger partial charge in [0.25, 0.3) is 5.91 Å². The van der Waals surface area contributed by atoms with Gasteiger partial charge in [0.1, 0.15) is 0 Å². The van der Waals surface area contributed by atoms with Crippen molar-refractivity contribution < 1.29 is 4.79 Å². The quantitative estimate of drug-likeness (QED) is 0.699. The van der Waals surface area contributed by atoms with E-state index in [9.17, 15) is 4.79 Å². The lowest BCUT2D eigenvalue weighted by molar-refractivity contribution is 0.0955. The molecule has 0 radical (unpaired) electrons. The van der Waals surface area contributed by atoms with Crippen LogP contribution in [0.25, 0.3) is 0 Å². The number of amides is 1. The molecular formula is C14H12BrN3O. The van der Waals surface area contributed by atoms with Gasteiger partial charge in [0.15, 0.2) is 0 Å². The van der Waals surface area contributed by atoms with Crippen LogP contribution in [0.5, 0.6) is 0 Å². The molecule has 0 unspecified atom stereocenters. The molecule has 1 aromatic heterocycles. The van der Waals surface area contributed by atoms with Gasteiger partial charge in [0, 0.05) is 28.0 Å². The van der Waals surface area contributed by atoms with E-state index >= 15 is 0 Å². The van der Waals surface area contributed by atoms with Crippen molar-refractivity contribution in [3.63, 3.8) is 0 Å². The van der Waals surface area contributed by atoms with Gasteiger partial charge in [-0.25, -0.2) is 5.43 Å². The Balaban J connectivity index is 2.01. The molecule has 0 fully saturated rings. The van der Waals surface area contributed by atoms with Crippen molar-refractivity contribution in [2.75, 3.05) is 0 Å². The summed E-state index contributed by atoms with van der Waals surface area (Å²) in [7, 11) is 0. The highest BCUT2D eigenvalue weighted by Crippen LogP contribution is 2.17. The van der Waals surface area contributed by atoms with Crippen molar-refractivity contribution in [3.8, 4) is 0 Å². The van der Waals surface area contributed by atoms with Crippen molar-refractivity contribution in [3.05, 3.63) is 63.9 Å². The number of carbonyl (C=O) groups is 1. The van der Waals surface area contributed by atoms with E-state index in [1.807, 2.05) is 19.1 Å². The van der Waals surface area contributed by atoms with E-state index in [1.54, 1.807) is 36.8 Å². The van der Waals surface area contributed by atoms with E-state index in [0.717, 1.165) is 15.6 Å². The Labute approximate surface area is 119 Å². The molecule has 4 nitrogen and oxygen atoms in total. The molecule has 5 heteroatoms. The zero-order chi connectivity index (χ0) is 13.7. The van der Waals surface area contributed by atoms with Gasteiger partial charge in [0.2, 0.25) is 0 Å². The largest absolute Gasteiger partial charge is 0.271 e. The monoisotopic (exact) mass is 317 g/mol. The van der Waals surface area contributed by atoms with Crippen LogP contribution in [0.2, 0.25) is 0 Å². The number of halogens is 1. The van der Waals surface area contributed by atoms with Crippen LogP contribution in [-0.4, -0.2) is 17.1 Å². The van der Waals surface area contributed by atoms with E-state index in [2.05, 4.69) is 31.4 Å². The summed E-state index contributed by atoms with van der Waals surface area (Å²) in [4.78, 5) is 15.8. The minimum absolute atomic E-state index is 0.249. The molecule has 1 aromatic carbocycles. The number of pyridine rings is 1. The molecule has 0 saturated heterocycles. The number of aryl methyl sites for hydroxylation is 1. The molecule has 96 valence electrons. The van der Waals surface area contributed by atoms with E-state index in [1.165, 1.54) is 0 Å². The van der Waals surface area contributed by atoms with Crippen LogP contribution < -0.4 is 5.43 Å². The lowest BCUT2D eigenvalue weighted by Gasteiger charge is -2.02. The number of nitrogens with zero attached hydrogens (tertiary/aromatic N) is 2. The molecule has 0 saturated carbocycles. The van der Waals surface area contributed by atoms with E-state index in [-0.39, 0.29) is 5.91 Å². The van der Waals surface area contributed by atoms with Crippen LogP contribution >= 0.6 is 15.9 Å². The molecule has 2 aromatic rings. The van der Waals surface area contributed by atoms with Crippen molar-refractivity contribution in [1.29, 1.82) is 0 Å². The second-order valence-corrected chi connectivity index (χ2v) is 4.80. The van der Waals surface area contributed by atoms with Crippen LogP contribution in [0, 0.1) is 6.92 Å². The second kappa shape index (κ2) is 6.24. The number of nitrogens with one attached hydrogen (secondary N) is 1. The van der Waals surface area contributed by atoms with E-state index < -0.39 is 0 Å². The first-order valence-corrected chi connectivity index (χ1v) is 6.46. The van der Waals surface area contributed by atoms with Crippen molar-refractivity contribution in [1.82, 2.24) is 10.4 Å². The highest BCUT2D eigenvalue weighted by atomic mass is 79.9. The Morgan fingerprint density at radius 3 is 2.95 bits per heavy atom. The average molecular weight is 318 g/mol. The molecule has 19 heavy (non-hydrogen) atoms. The molecule has 0 bridgehead atoms. The molecule has 0 aliphatic rings. The fourth-order valence-corrected chi connectivity index (χ4v) is 1.80. The van der Waals surface area contributed by atoms with Gasteiger partial charge in [-0.3, -0.25) is 9.78 Å². The summed E-state index contributed by atoms with van der Waals surface area (Å²) in [5, 5.41) is 3.89. The molecule has 0 atom stereocenters. The summed E-state index contributed by atoms with van der Waals surface area (Å²) in [6.07, 6.45) is 4.89. The summed E-state index contributed by atoms with van der Waals surface area (Å²) in [6.45, 7) is 1.96. The first-order chi connectivity index (χ1) is 9.16. The Kier molecular flexibility index (Phi) is 4.41. The smallest absolute Gasteiger partial charge is 0.267 e. The lowest BCUT2D eigenvalue weighted by Crippen LogP contribution is -2.17. The molecule has 1 N–H and O–H groups in total. The van der Waals surface area contributed by atoms with Gasteiger partial charge in [0.05, 0.1) is 6.21 Å². The van der Waals surface area contributed by atoms with Crippen LogP contribution in [0.3, 0.4) is 0 Å². The third-order valence-corrected chi connectivity index (χ3v) is 3.35. The topological polar surface area (TPSA) is 54.4 Å². The van der Waals surface area contributed by atoms with E-state index in [0.29, 0.717) is 5.56 Å². The lowest BCUT2D eigenvalue weighted by atomic mass is 10.1. The molecule has 1 amide bonds. The summed E-state index contributed by atoms with van der Waals surface area (Å²) in [6, 6.07) is 9.06. The zero-order valence-corrected chi connectivity index (χ0v) is 11.9. The standard InChI is InChI=1S/C14H12BrN3O/c1-10-4-5-12(7-13(10)15)14(19)18-17-9-11-3-2-6-16-8-11/h2-9H,1H3,(H,18,19). The summed E-state index contributed by atoms with van der Waals surface area (Å²) >= 11 is 3.39. The predicted octanol–water partition coefficient (Wildman–Crippen LogP) is 2.92. The maximum absolute atomic E-state index is 11.8. The number of benzene rings is 1. The maximum atomic E-state index is 11.8. The number of aromatic nitrogens is 1. The Morgan fingerprint density at radius 1 is 1.42 bits per heavy atom. The molecule has 2 rings (SSSR count). The number of hydrogen-bond donors (Lipinski definition) is 1. The Hall–Kier alpha value is -2.01. The van der Waals surface area contributed by atoms with Gasteiger partial charge >= 0.3 is 0 Å². The minimum Gasteiger partial charge on any atom is -0.267 e. The zero-order valence-electron chi connectivity index (χ0n) is 10.3. The summed E-state index contributed by atoms with van der Waals surface area (Å²) < 4.78 is 0.899. The molecule has 0 spiro atoms. The molecule has 0 aliphatic heterocycles. The van der Waals surface area contributed by atoms with E-state index in [4.69, 9.17) is 0 Å². The van der Waals surface area contributed by atoms with Crippen LogP contribution in [0.1, 0.15) is 21.5 Å². The van der Waals surface area contributed by atoms with Gasteiger partial charge in [-0.15, -0.1) is 0 Å². The SMILES string of the molecule is Cc1ccc(C(=O)NN=Cc2cccnc2)cc1Br. The number of carbonyl (C=O) groups excluding carboxylic acids is 1. The first kappa shape index (κ1) is 13.4. The van der Waals surface area contributed by atoms with Crippen molar-refractivity contribution in [2.24, 2.45) is 5.10 Å². The Bertz CT molecular complexity index is 611. The highest BCUT2D eigenvalue weighted by molar-refractivity contribution is 9.10. The summed E-state index contributed by atoms with van der Waals surface area (Å²) in [5.41, 5.74) is 4.94. The second-order valence-electron chi connectivity index (χ2n) is 3.95. The fourth-order valence-electron chi connectivity index (χ4n) is 1.42. The molecule has 1 heterocycles. The Morgan fingerprint density at radius 2 is 2.26 bits per heavy atom. The fraction of sp³-hybridized carbons (Fsp3) is 0.0714. The average Bonchev–Trinajstić information content (AvgIpc) is 2.43. The highest BCUT2D eigenvalue weighted by Gasteiger charge is 2.05. The van der Waals surface area contributed by atoms with Gasteiger partial charge in [-0.1, -0.05) is 28.1 Å². The third-order valence-electron chi connectivity index (χ3n) is 2.50. The third kappa shape index (κ3) is 3.72. The van der Waals surface area contributed by atoms with Crippen molar-refractivity contribution >= 4 is 28.1 Å². The van der Waals surface area contributed by atoms with Gasteiger partial charge in [-0.2, -0.15) is 5.10 Å². The van der Waals surface area contributed by atoms with Crippen LogP contribution in [0.4, 0.5) is 0 Å². The normalized spacial score (nSPS) is 10.6. The number of rotatable bonds is 3. The summed E-state index contributed by atoms with van der Waals surface area (Å²) in [5.74, 6) is -0.249. The maximum Gasteiger partial charge on any atom is 0.271 e. The number of hydrogen-bond acceptors (Lipinski definition) is 3. The van der Waals surface area contributed by atoms with Crippen LogP contribution in [-0.2, 0) is 0 Å². The van der Waals surface area contributed by atoms with Crippen molar-refractivity contribution in [2.45, 2.75) is 6.92 Å². The first-order valence-electron chi connectivity index (χ1n) is 5.66. The van der Waals surface area contributed by atoms with Gasteiger partial charge < -0.3 is 0 Å². The van der Waals surface area contributed by atoms with Crippen LogP contribution in [0.15, 0.2) is 52.3 Å². The molecule has 0 aliphatic carbocycles. The predicted molar refractivity (Wildman–Crippen MR) is 78.2 cm³/mol. The molecular weight excluding hydrogens is 306 g/mol. The van der Waals surface area contributed by atoms with Gasteiger partial charge in [-0.05, 0) is 30.7 Å². The minimum atomic E-state index is -0.249.